The van der Waals surface area contributed by atoms with Crippen molar-refractivity contribution < 1.29 is 5.11 Å². The molecule has 0 bridgehead atoms. The zero-order valence-electron chi connectivity index (χ0n) is 18.6. The van der Waals surface area contributed by atoms with Crippen molar-refractivity contribution in [3.8, 4) is 0 Å². The number of anilines is 2. The third kappa shape index (κ3) is 5.06. The predicted molar refractivity (Wildman–Crippen MR) is 122 cm³/mol. The summed E-state index contributed by atoms with van der Waals surface area (Å²) < 4.78 is 1.53. The molecule has 0 radical (unpaired) electrons. The molecule has 4 rings (SSSR count). The van der Waals surface area contributed by atoms with Gasteiger partial charge in [-0.2, -0.15) is 5.10 Å². The van der Waals surface area contributed by atoms with Gasteiger partial charge in [-0.15, -0.1) is 0 Å². The van der Waals surface area contributed by atoms with E-state index in [4.69, 9.17) is 5.10 Å². The van der Waals surface area contributed by atoms with Gasteiger partial charge in [-0.1, -0.05) is 26.7 Å². The first-order valence-corrected chi connectivity index (χ1v) is 11.6. The van der Waals surface area contributed by atoms with E-state index in [0.29, 0.717) is 0 Å². The van der Waals surface area contributed by atoms with Gasteiger partial charge in [-0.3, -0.25) is 4.79 Å². The number of aliphatic hydroxyl groups is 1. The smallest absolute Gasteiger partial charge is 0.267 e. The highest BCUT2D eigenvalue weighted by atomic mass is 16.3. The molecule has 3 atom stereocenters. The number of hydrogen-bond acceptors (Lipinski definition) is 7. The molecule has 2 aliphatic rings. The van der Waals surface area contributed by atoms with Gasteiger partial charge in [0, 0.05) is 37.3 Å². The van der Waals surface area contributed by atoms with Crippen LogP contribution in [0.1, 0.15) is 76.6 Å². The van der Waals surface area contributed by atoms with Crippen LogP contribution in [0.4, 0.5) is 11.6 Å². The first-order valence-electron chi connectivity index (χ1n) is 11.6. The van der Waals surface area contributed by atoms with Crippen LogP contribution in [0.25, 0.3) is 0 Å². The molecule has 1 saturated carbocycles. The Kier molecular flexibility index (Phi) is 6.85. The molecule has 8 heteroatoms. The van der Waals surface area contributed by atoms with Crippen molar-refractivity contribution in [2.45, 2.75) is 82.9 Å². The van der Waals surface area contributed by atoms with E-state index in [1.165, 1.54) is 11.1 Å². The maximum Gasteiger partial charge on any atom is 0.267 e. The third-order valence-electron chi connectivity index (χ3n) is 6.45. The van der Waals surface area contributed by atoms with Gasteiger partial charge in [0.25, 0.3) is 5.56 Å². The third-order valence-corrected chi connectivity index (χ3v) is 6.45. The highest BCUT2D eigenvalue weighted by Crippen LogP contribution is 2.28. The molecule has 0 amide bonds. The summed E-state index contributed by atoms with van der Waals surface area (Å²) >= 11 is 0. The van der Waals surface area contributed by atoms with Crippen LogP contribution in [-0.4, -0.2) is 50.1 Å². The van der Waals surface area contributed by atoms with E-state index in [9.17, 15) is 9.90 Å². The summed E-state index contributed by atoms with van der Waals surface area (Å²) in [6.45, 7) is 5.84. The zero-order valence-corrected chi connectivity index (χ0v) is 18.6. The van der Waals surface area contributed by atoms with E-state index in [-0.39, 0.29) is 23.6 Å². The van der Waals surface area contributed by atoms with Gasteiger partial charge in [-0.25, -0.2) is 14.6 Å². The van der Waals surface area contributed by atoms with Crippen molar-refractivity contribution in [2.24, 2.45) is 0 Å². The summed E-state index contributed by atoms with van der Waals surface area (Å²) in [5, 5.41) is 18.6. The Morgan fingerprint density at radius 2 is 1.94 bits per heavy atom. The van der Waals surface area contributed by atoms with Crippen LogP contribution in [0.3, 0.4) is 0 Å². The molecule has 2 fully saturated rings. The maximum atomic E-state index is 12.5. The van der Waals surface area contributed by atoms with Crippen molar-refractivity contribution in [1.29, 1.82) is 0 Å². The summed E-state index contributed by atoms with van der Waals surface area (Å²) in [7, 11) is 0. The van der Waals surface area contributed by atoms with Crippen LogP contribution < -0.4 is 15.8 Å². The fourth-order valence-corrected chi connectivity index (χ4v) is 4.67. The number of nitrogens with zero attached hydrogens (tertiary/aromatic N) is 5. The van der Waals surface area contributed by atoms with Crippen molar-refractivity contribution in [2.75, 3.05) is 23.3 Å². The number of hydrogen-bond donors (Lipinski definition) is 2. The Balaban J connectivity index is 1.51. The monoisotopic (exact) mass is 426 g/mol. The first-order chi connectivity index (χ1) is 15.0. The van der Waals surface area contributed by atoms with Gasteiger partial charge in [0.15, 0.2) is 0 Å². The fraction of sp³-hybridized carbons (Fsp3) is 0.652. The lowest BCUT2D eigenvalue weighted by molar-refractivity contribution is 0.0669. The average molecular weight is 427 g/mol. The van der Waals surface area contributed by atoms with Gasteiger partial charge in [0.1, 0.15) is 17.5 Å². The molecule has 2 aromatic heterocycles. The molecule has 1 aliphatic carbocycles. The van der Waals surface area contributed by atoms with Crippen molar-refractivity contribution in [3.05, 3.63) is 40.6 Å². The molecule has 0 spiro atoms. The second-order valence-corrected chi connectivity index (χ2v) is 9.07. The normalized spacial score (nSPS) is 24.4. The number of rotatable bonds is 6. The van der Waals surface area contributed by atoms with Crippen LogP contribution in [-0.2, 0) is 0 Å². The SMILES string of the molecule is CC(C)c1nccc(NCC2CCCCN2c2ccc(=O)n(C3CCCCC3O)n2)n1. The van der Waals surface area contributed by atoms with Crippen LogP contribution in [0.5, 0.6) is 0 Å². The molecule has 8 nitrogen and oxygen atoms in total. The molecule has 1 aliphatic heterocycles. The summed E-state index contributed by atoms with van der Waals surface area (Å²) in [6, 6.07) is 5.37. The Morgan fingerprint density at radius 3 is 2.74 bits per heavy atom. The number of piperidine rings is 1. The van der Waals surface area contributed by atoms with E-state index >= 15 is 0 Å². The van der Waals surface area contributed by atoms with Crippen LogP contribution in [0.2, 0.25) is 0 Å². The van der Waals surface area contributed by atoms with Crippen molar-refractivity contribution >= 4 is 11.6 Å². The summed E-state index contributed by atoms with van der Waals surface area (Å²) in [6.07, 6.45) is 8.20. The van der Waals surface area contributed by atoms with Gasteiger partial charge >= 0.3 is 0 Å². The minimum atomic E-state index is -0.499. The Bertz CT molecular complexity index is 930. The van der Waals surface area contributed by atoms with E-state index < -0.39 is 6.10 Å². The van der Waals surface area contributed by atoms with Gasteiger partial charge in [0.2, 0.25) is 0 Å². The molecular formula is C23H34N6O2. The van der Waals surface area contributed by atoms with Gasteiger partial charge in [0.05, 0.1) is 12.1 Å². The highest BCUT2D eigenvalue weighted by Gasteiger charge is 2.28. The number of nitrogens with one attached hydrogen (secondary N) is 1. The van der Waals surface area contributed by atoms with Crippen LogP contribution in [0.15, 0.2) is 29.2 Å². The molecule has 3 heterocycles. The van der Waals surface area contributed by atoms with E-state index in [2.05, 4.69) is 34.0 Å². The molecule has 3 unspecified atom stereocenters. The molecule has 2 N–H and O–H groups in total. The standard InChI is InChI=1S/C23H34N6O2/c1-16(2)23-24-13-12-20(26-23)25-15-17-7-5-6-14-28(17)21-10-11-22(31)29(27-21)18-8-3-4-9-19(18)30/h10-13,16-19,30H,3-9,14-15H2,1-2H3,(H,24,25,26). The largest absolute Gasteiger partial charge is 0.391 e. The van der Waals surface area contributed by atoms with E-state index in [1.807, 2.05) is 12.1 Å². The summed E-state index contributed by atoms with van der Waals surface area (Å²) in [4.78, 5) is 23.8. The lowest BCUT2D eigenvalue weighted by atomic mass is 9.93. The lowest BCUT2D eigenvalue weighted by Crippen LogP contribution is -2.45. The quantitative estimate of drug-likeness (QED) is 0.733. The molecule has 31 heavy (non-hydrogen) atoms. The van der Waals surface area contributed by atoms with Crippen LogP contribution >= 0.6 is 0 Å². The first kappa shape index (κ1) is 21.7. The Labute approximate surface area is 183 Å². The van der Waals surface area contributed by atoms with Crippen molar-refractivity contribution in [3.63, 3.8) is 0 Å². The highest BCUT2D eigenvalue weighted by molar-refractivity contribution is 5.41. The fourth-order valence-electron chi connectivity index (χ4n) is 4.67. The number of aliphatic hydroxyl groups excluding tert-OH is 1. The minimum Gasteiger partial charge on any atom is -0.391 e. The summed E-state index contributed by atoms with van der Waals surface area (Å²) in [5.41, 5.74) is -0.136. The molecule has 2 aromatic rings. The molecular weight excluding hydrogens is 392 g/mol. The van der Waals surface area contributed by atoms with Gasteiger partial charge < -0.3 is 15.3 Å². The van der Waals surface area contributed by atoms with E-state index in [0.717, 1.165) is 69.1 Å². The Hall–Kier alpha value is -2.48. The molecule has 1 saturated heterocycles. The second kappa shape index (κ2) is 9.77. The van der Waals surface area contributed by atoms with Crippen LogP contribution in [0, 0.1) is 0 Å². The lowest BCUT2D eigenvalue weighted by Gasteiger charge is -2.37. The number of aromatic nitrogens is 4. The molecule has 168 valence electrons. The minimum absolute atomic E-state index is 0.136. The topological polar surface area (TPSA) is 96.2 Å². The average Bonchev–Trinajstić information content (AvgIpc) is 2.79. The maximum absolute atomic E-state index is 12.5. The van der Waals surface area contributed by atoms with E-state index in [1.54, 1.807) is 12.3 Å². The summed E-state index contributed by atoms with van der Waals surface area (Å²) in [5.74, 6) is 2.78. The molecule has 0 aromatic carbocycles. The Morgan fingerprint density at radius 1 is 1.13 bits per heavy atom. The predicted octanol–water partition coefficient (Wildman–Crippen LogP) is 3.10. The van der Waals surface area contributed by atoms with Crippen molar-refractivity contribution in [1.82, 2.24) is 19.7 Å². The van der Waals surface area contributed by atoms with Gasteiger partial charge in [-0.05, 0) is 44.2 Å². The zero-order chi connectivity index (χ0) is 21.8. The second-order valence-electron chi connectivity index (χ2n) is 9.07.